The minimum absolute atomic E-state index is 0.210. The Kier molecular flexibility index (Phi) is 6.11. The number of aryl methyl sites for hydroxylation is 2. The summed E-state index contributed by atoms with van der Waals surface area (Å²) in [4.78, 5) is 19.7. The Labute approximate surface area is 194 Å². The van der Waals surface area contributed by atoms with Crippen LogP contribution in [0.5, 0.6) is 0 Å². The van der Waals surface area contributed by atoms with Gasteiger partial charge in [-0.2, -0.15) is 0 Å². The van der Waals surface area contributed by atoms with Crippen molar-refractivity contribution < 1.29 is 4.79 Å². The van der Waals surface area contributed by atoms with Crippen molar-refractivity contribution in [1.82, 2.24) is 15.2 Å². The maximum Gasteiger partial charge on any atom is 0.269 e. The summed E-state index contributed by atoms with van der Waals surface area (Å²) in [6, 6.07) is 12.0. The van der Waals surface area contributed by atoms with Crippen molar-refractivity contribution in [3.8, 4) is 10.6 Å². The molecule has 1 aliphatic rings. The van der Waals surface area contributed by atoms with Gasteiger partial charge in [-0.25, -0.2) is 4.98 Å². The number of hydrogen-bond acceptors (Lipinski definition) is 8. The van der Waals surface area contributed by atoms with Crippen LogP contribution in [0, 0.1) is 0 Å². The third-order valence-electron chi connectivity index (χ3n) is 5.53. The SMILES string of the molecule is NCCNc1c(C(=O)Nc2nnc(-c3ccccc3)s2)sc2nc3c(cc12)CCCCC3. The number of carbonyl (C=O) groups excluding carboxylic acids is 1. The first-order valence-electron chi connectivity index (χ1n) is 10.8. The number of carbonyl (C=O) groups is 1. The van der Waals surface area contributed by atoms with Crippen LogP contribution in [0.15, 0.2) is 36.4 Å². The molecule has 5 rings (SSSR count). The lowest BCUT2D eigenvalue weighted by atomic mass is 10.1. The van der Waals surface area contributed by atoms with Gasteiger partial charge in [0.25, 0.3) is 5.91 Å². The molecule has 9 heteroatoms. The van der Waals surface area contributed by atoms with Gasteiger partial charge in [0, 0.05) is 29.7 Å². The molecule has 0 unspecified atom stereocenters. The zero-order valence-electron chi connectivity index (χ0n) is 17.6. The number of nitrogens with zero attached hydrogens (tertiary/aromatic N) is 3. The Balaban J connectivity index is 1.47. The molecule has 0 spiro atoms. The highest BCUT2D eigenvalue weighted by molar-refractivity contribution is 7.21. The van der Waals surface area contributed by atoms with E-state index in [-0.39, 0.29) is 5.91 Å². The van der Waals surface area contributed by atoms with E-state index in [0.29, 0.717) is 23.1 Å². The van der Waals surface area contributed by atoms with E-state index in [1.165, 1.54) is 53.2 Å². The third-order valence-corrected chi connectivity index (χ3v) is 7.52. The number of aromatic nitrogens is 3. The number of benzene rings is 1. The van der Waals surface area contributed by atoms with Gasteiger partial charge in [0.2, 0.25) is 5.13 Å². The second-order valence-corrected chi connectivity index (χ2v) is 9.74. The van der Waals surface area contributed by atoms with Crippen LogP contribution < -0.4 is 16.4 Å². The van der Waals surface area contributed by atoms with Gasteiger partial charge < -0.3 is 11.1 Å². The minimum Gasteiger partial charge on any atom is -0.382 e. The maximum absolute atomic E-state index is 13.2. The maximum atomic E-state index is 13.2. The molecule has 0 radical (unpaired) electrons. The topological polar surface area (TPSA) is 106 Å². The first kappa shape index (κ1) is 21.0. The highest BCUT2D eigenvalue weighted by atomic mass is 32.1. The van der Waals surface area contributed by atoms with Crippen molar-refractivity contribution in [3.63, 3.8) is 0 Å². The lowest BCUT2D eigenvalue weighted by Gasteiger charge is -2.08. The summed E-state index contributed by atoms with van der Waals surface area (Å²) < 4.78 is 0. The van der Waals surface area contributed by atoms with E-state index in [0.717, 1.165) is 39.3 Å². The molecule has 7 nitrogen and oxygen atoms in total. The van der Waals surface area contributed by atoms with E-state index >= 15 is 0 Å². The Morgan fingerprint density at radius 2 is 1.91 bits per heavy atom. The highest BCUT2D eigenvalue weighted by Crippen LogP contribution is 2.38. The average Bonchev–Trinajstić information content (AvgIpc) is 3.34. The van der Waals surface area contributed by atoms with E-state index < -0.39 is 0 Å². The number of nitrogens with two attached hydrogens (primary N) is 1. The van der Waals surface area contributed by atoms with Gasteiger partial charge in [-0.3, -0.25) is 10.1 Å². The number of pyridine rings is 1. The molecule has 4 aromatic rings. The van der Waals surface area contributed by atoms with Crippen molar-refractivity contribution in [2.45, 2.75) is 32.1 Å². The summed E-state index contributed by atoms with van der Waals surface area (Å²) in [5, 5.41) is 16.9. The number of amides is 1. The molecule has 0 saturated carbocycles. The monoisotopic (exact) mass is 464 g/mol. The molecule has 0 fully saturated rings. The normalized spacial score (nSPS) is 13.5. The zero-order chi connectivity index (χ0) is 21.9. The van der Waals surface area contributed by atoms with Gasteiger partial charge >= 0.3 is 0 Å². The lowest BCUT2D eigenvalue weighted by Crippen LogP contribution is -2.16. The van der Waals surface area contributed by atoms with Crippen LogP contribution in [0.3, 0.4) is 0 Å². The van der Waals surface area contributed by atoms with Crippen LogP contribution in [0.2, 0.25) is 0 Å². The summed E-state index contributed by atoms with van der Waals surface area (Å²) in [6.45, 7) is 1.06. The van der Waals surface area contributed by atoms with Crippen LogP contribution >= 0.6 is 22.7 Å². The van der Waals surface area contributed by atoms with Crippen LogP contribution in [0.1, 0.15) is 40.2 Å². The fraction of sp³-hybridized carbons (Fsp3) is 0.304. The van der Waals surface area contributed by atoms with Gasteiger partial charge in [0.05, 0.1) is 5.69 Å². The Morgan fingerprint density at radius 3 is 2.75 bits per heavy atom. The van der Waals surface area contributed by atoms with Crippen molar-refractivity contribution >= 4 is 49.6 Å². The number of thiophene rings is 1. The van der Waals surface area contributed by atoms with Crippen molar-refractivity contribution in [3.05, 3.63) is 52.5 Å². The zero-order valence-corrected chi connectivity index (χ0v) is 19.2. The standard InChI is InChI=1S/C23H24N6OS2/c24-11-12-25-18-16-13-15-9-5-2-6-10-17(15)26-22(16)31-19(18)20(30)27-23-29-28-21(32-23)14-7-3-1-4-8-14/h1,3-4,7-8,13,25H,2,5-6,9-12,24H2,(H,27,29,30). The molecular weight excluding hydrogens is 440 g/mol. The fourth-order valence-corrected chi connectivity index (χ4v) is 5.77. The minimum atomic E-state index is -0.210. The molecule has 0 bridgehead atoms. The van der Waals surface area contributed by atoms with E-state index in [2.05, 4.69) is 26.9 Å². The molecule has 164 valence electrons. The quantitative estimate of drug-likeness (QED) is 0.357. The third kappa shape index (κ3) is 4.23. The molecule has 0 saturated heterocycles. The summed E-state index contributed by atoms with van der Waals surface area (Å²) in [5.74, 6) is -0.210. The molecule has 3 aromatic heterocycles. The number of fused-ring (bicyclic) bond motifs is 2. The summed E-state index contributed by atoms with van der Waals surface area (Å²) in [6.07, 6.45) is 5.64. The van der Waals surface area contributed by atoms with E-state index in [9.17, 15) is 4.79 Å². The smallest absolute Gasteiger partial charge is 0.269 e. The van der Waals surface area contributed by atoms with Crippen LogP contribution in [-0.2, 0) is 12.8 Å². The largest absolute Gasteiger partial charge is 0.382 e. The molecule has 0 aliphatic heterocycles. The van der Waals surface area contributed by atoms with E-state index in [1.54, 1.807) is 0 Å². The van der Waals surface area contributed by atoms with Crippen LogP contribution in [0.4, 0.5) is 10.8 Å². The van der Waals surface area contributed by atoms with Gasteiger partial charge in [0.1, 0.15) is 14.7 Å². The Hall–Kier alpha value is -2.88. The van der Waals surface area contributed by atoms with Gasteiger partial charge in [-0.15, -0.1) is 21.5 Å². The molecule has 4 N–H and O–H groups in total. The number of anilines is 2. The van der Waals surface area contributed by atoms with E-state index in [4.69, 9.17) is 10.7 Å². The molecule has 1 amide bonds. The van der Waals surface area contributed by atoms with E-state index in [1.807, 2.05) is 30.3 Å². The lowest BCUT2D eigenvalue weighted by molar-refractivity contribution is 0.103. The first-order valence-corrected chi connectivity index (χ1v) is 12.5. The summed E-state index contributed by atoms with van der Waals surface area (Å²) in [5.41, 5.74) is 9.99. The fourth-order valence-electron chi connectivity index (χ4n) is 3.98. The molecule has 1 aliphatic carbocycles. The predicted octanol–water partition coefficient (Wildman–Crippen LogP) is 4.71. The molecular formula is C23H24N6OS2. The van der Waals surface area contributed by atoms with Crippen molar-refractivity contribution in [1.29, 1.82) is 0 Å². The van der Waals surface area contributed by atoms with Gasteiger partial charge in [-0.05, 0) is 37.3 Å². The molecule has 0 atom stereocenters. The van der Waals surface area contributed by atoms with Crippen molar-refractivity contribution in [2.75, 3.05) is 23.7 Å². The number of rotatable bonds is 6. The number of nitrogens with one attached hydrogen (secondary N) is 2. The predicted molar refractivity (Wildman–Crippen MR) is 132 cm³/mol. The highest BCUT2D eigenvalue weighted by Gasteiger charge is 2.22. The Bertz CT molecular complexity index is 1250. The van der Waals surface area contributed by atoms with Crippen LogP contribution in [0.25, 0.3) is 20.8 Å². The van der Waals surface area contributed by atoms with Gasteiger partial charge in [-0.1, -0.05) is 48.1 Å². The number of hydrogen-bond donors (Lipinski definition) is 3. The molecule has 1 aromatic carbocycles. The van der Waals surface area contributed by atoms with Crippen LogP contribution in [-0.4, -0.2) is 34.2 Å². The first-order chi connectivity index (χ1) is 15.7. The van der Waals surface area contributed by atoms with Gasteiger partial charge in [0.15, 0.2) is 0 Å². The summed E-state index contributed by atoms with van der Waals surface area (Å²) >= 11 is 2.77. The molecule has 3 heterocycles. The second kappa shape index (κ2) is 9.32. The average molecular weight is 465 g/mol. The summed E-state index contributed by atoms with van der Waals surface area (Å²) in [7, 11) is 0. The molecule has 32 heavy (non-hydrogen) atoms. The Morgan fingerprint density at radius 1 is 1.06 bits per heavy atom. The second-order valence-electron chi connectivity index (χ2n) is 7.76. The van der Waals surface area contributed by atoms with Crippen molar-refractivity contribution in [2.24, 2.45) is 5.73 Å².